The Bertz CT molecular complexity index is 747. The standard InChI is InChI=1S/C16H19N3O3/c1-11-9-14(12(2)22-11)16(21)18-8-4-5-13(18)10-19-15(20)6-3-7-17-19/h3,6-7,9,13H,4-5,8,10H2,1-2H3. The first-order valence-electron chi connectivity index (χ1n) is 7.46. The highest BCUT2D eigenvalue weighted by atomic mass is 16.3. The monoisotopic (exact) mass is 301 g/mol. The van der Waals surface area contributed by atoms with Crippen LogP contribution in [0.1, 0.15) is 34.7 Å². The predicted molar refractivity (Wildman–Crippen MR) is 80.7 cm³/mol. The molecule has 0 bridgehead atoms. The zero-order valence-electron chi connectivity index (χ0n) is 12.8. The third-order valence-corrected chi connectivity index (χ3v) is 4.08. The molecular formula is C16H19N3O3. The predicted octanol–water partition coefficient (Wildman–Crippen LogP) is 1.76. The second-order valence-electron chi connectivity index (χ2n) is 5.67. The molecule has 2 aromatic heterocycles. The summed E-state index contributed by atoms with van der Waals surface area (Å²) in [5.41, 5.74) is 0.468. The van der Waals surface area contributed by atoms with Crippen molar-refractivity contribution in [3.8, 4) is 0 Å². The van der Waals surface area contributed by atoms with E-state index >= 15 is 0 Å². The molecule has 3 heterocycles. The fourth-order valence-electron chi connectivity index (χ4n) is 3.01. The van der Waals surface area contributed by atoms with Crippen molar-refractivity contribution < 1.29 is 9.21 Å². The van der Waals surface area contributed by atoms with Gasteiger partial charge in [-0.2, -0.15) is 5.10 Å². The highest BCUT2D eigenvalue weighted by Gasteiger charge is 2.31. The molecule has 1 unspecified atom stereocenters. The van der Waals surface area contributed by atoms with Crippen LogP contribution in [0.2, 0.25) is 0 Å². The molecule has 1 aliphatic rings. The van der Waals surface area contributed by atoms with Crippen LogP contribution in [-0.2, 0) is 6.54 Å². The summed E-state index contributed by atoms with van der Waals surface area (Å²) < 4.78 is 6.87. The van der Waals surface area contributed by atoms with Gasteiger partial charge in [0.05, 0.1) is 18.2 Å². The van der Waals surface area contributed by atoms with E-state index < -0.39 is 0 Å². The van der Waals surface area contributed by atoms with E-state index in [0.717, 1.165) is 18.6 Å². The van der Waals surface area contributed by atoms with E-state index in [4.69, 9.17) is 4.42 Å². The van der Waals surface area contributed by atoms with Gasteiger partial charge in [-0.3, -0.25) is 9.59 Å². The first-order chi connectivity index (χ1) is 10.6. The molecule has 0 N–H and O–H groups in total. The van der Waals surface area contributed by atoms with Gasteiger partial charge in [-0.25, -0.2) is 4.68 Å². The lowest BCUT2D eigenvalue weighted by atomic mass is 10.2. The minimum absolute atomic E-state index is 0.00490. The highest BCUT2D eigenvalue weighted by molar-refractivity contribution is 5.95. The topological polar surface area (TPSA) is 68.3 Å². The van der Waals surface area contributed by atoms with Gasteiger partial charge in [0.15, 0.2) is 0 Å². The summed E-state index contributed by atoms with van der Waals surface area (Å²) in [6.45, 7) is 4.77. The fourth-order valence-corrected chi connectivity index (χ4v) is 3.01. The smallest absolute Gasteiger partial charge is 0.266 e. The summed E-state index contributed by atoms with van der Waals surface area (Å²) in [5.74, 6) is 1.35. The van der Waals surface area contributed by atoms with Gasteiger partial charge in [0.2, 0.25) is 0 Å². The van der Waals surface area contributed by atoms with E-state index in [1.807, 2.05) is 11.8 Å². The van der Waals surface area contributed by atoms with Crippen LogP contribution in [0.25, 0.3) is 0 Å². The van der Waals surface area contributed by atoms with Crippen LogP contribution in [-0.4, -0.2) is 33.2 Å². The van der Waals surface area contributed by atoms with E-state index in [1.54, 1.807) is 25.3 Å². The summed E-state index contributed by atoms with van der Waals surface area (Å²) in [7, 11) is 0. The van der Waals surface area contributed by atoms with Crippen LogP contribution >= 0.6 is 0 Å². The molecule has 1 atom stereocenters. The quantitative estimate of drug-likeness (QED) is 0.866. The molecule has 3 rings (SSSR count). The number of carbonyl (C=O) groups excluding carboxylic acids is 1. The molecule has 1 fully saturated rings. The van der Waals surface area contributed by atoms with E-state index in [2.05, 4.69) is 5.10 Å². The van der Waals surface area contributed by atoms with E-state index in [1.165, 1.54) is 10.7 Å². The van der Waals surface area contributed by atoms with Crippen LogP contribution in [0.5, 0.6) is 0 Å². The van der Waals surface area contributed by atoms with Crippen molar-refractivity contribution in [3.05, 3.63) is 51.8 Å². The molecule has 6 nitrogen and oxygen atoms in total. The Balaban J connectivity index is 1.81. The SMILES string of the molecule is Cc1cc(C(=O)N2CCCC2Cn2ncccc2=O)c(C)o1. The number of aromatic nitrogens is 2. The molecule has 1 saturated heterocycles. The Labute approximate surface area is 128 Å². The van der Waals surface area contributed by atoms with Gasteiger partial charge in [-0.05, 0) is 38.8 Å². The van der Waals surface area contributed by atoms with Gasteiger partial charge >= 0.3 is 0 Å². The maximum absolute atomic E-state index is 12.7. The number of carbonyl (C=O) groups is 1. The Morgan fingerprint density at radius 2 is 2.27 bits per heavy atom. The van der Waals surface area contributed by atoms with E-state index in [9.17, 15) is 9.59 Å². The molecule has 0 spiro atoms. The first-order valence-corrected chi connectivity index (χ1v) is 7.46. The van der Waals surface area contributed by atoms with Gasteiger partial charge in [0, 0.05) is 18.8 Å². The lowest BCUT2D eigenvalue weighted by Crippen LogP contribution is -2.40. The summed E-state index contributed by atoms with van der Waals surface area (Å²) in [6.07, 6.45) is 3.41. The number of amides is 1. The van der Waals surface area contributed by atoms with E-state index in [0.29, 0.717) is 24.4 Å². The summed E-state index contributed by atoms with van der Waals surface area (Å²) >= 11 is 0. The number of nitrogens with zero attached hydrogens (tertiary/aromatic N) is 3. The number of hydrogen-bond acceptors (Lipinski definition) is 4. The summed E-state index contributed by atoms with van der Waals surface area (Å²) in [5, 5.41) is 4.08. The molecule has 0 aliphatic carbocycles. The number of likely N-dealkylation sites (tertiary alicyclic amines) is 1. The average Bonchev–Trinajstić information content (AvgIpc) is 3.07. The Kier molecular flexibility index (Phi) is 3.83. The molecule has 0 aromatic carbocycles. The van der Waals surface area contributed by atoms with Crippen molar-refractivity contribution in [2.24, 2.45) is 0 Å². The average molecular weight is 301 g/mol. The molecule has 1 aliphatic heterocycles. The van der Waals surface area contributed by atoms with Crippen LogP contribution in [0.4, 0.5) is 0 Å². The Hall–Kier alpha value is -2.37. The minimum atomic E-state index is -0.142. The zero-order chi connectivity index (χ0) is 15.7. The van der Waals surface area contributed by atoms with Gasteiger partial charge in [0.1, 0.15) is 11.5 Å². The lowest BCUT2D eigenvalue weighted by molar-refractivity contribution is 0.0718. The molecule has 116 valence electrons. The van der Waals surface area contributed by atoms with Crippen LogP contribution in [0, 0.1) is 13.8 Å². The number of rotatable bonds is 3. The lowest BCUT2D eigenvalue weighted by Gasteiger charge is -2.24. The van der Waals surface area contributed by atoms with Crippen molar-refractivity contribution in [1.29, 1.82) is 0 Å². The van der Waals surface area contributed by atoms with Gasteiger partial charge in [-0.1, -0.05) is 0 Å². The van der Waals surface area contributed by atoms with Crippen LogP contribution in [0.15, 0.2) is 33.6 Å². The van der Waals surface area contributed by atoms with Gasteiger partial charge in [-0.15, -0.1) is 0 Å². The molecule has 2 aromatic rings. The molecular weight excluding hydrogens is 282 g/mol. The third kappa shape index (κ3) is 2.68. The number of aryl methyl sites for hydroxylation is 2. The fraction of sp³-hybridized carbons (Fsp3) is 0.438. The minimum Gasteiger partial charge on any atom is -0.466 e. The second kappa shape index (κ2) is 5.79. The van der Waals surface area contributed by atoms with E-state index in [-0.39, 0.29) is 17.5 Å². The molecule has 1 amide bonds. The molecule has 0 saturated carbocycles. The van der Waals surface area contributed by atoms with Gasteiger partial charge < -0.3 is 9.32 Å². The first kappa shape index (κ1) is 14.6. The zero-order valence-corrected chi connectivity index (χ0v) is 12.8. The van der Waals surface area contributed by atoms with Crippen LogP contribution in [0.3, 0.4) is 0 Å². The summed E-state index contributed by atoms with van der Waals surface area (Å²) in [6, 6.07) is 4.88. The van der Waals surface area contributed by atoms with Gasteiger partial charge in [0.25, 0.3) is 11.5 Å². The van der Waals surface area contributed by atoms with Crippen molar-refractivity contribution >= 4 is 5.91 Å². The second-order valence-corrected chi connectivity index (χ2v) is 5.67. The van der Waals surface area contributed by atoms with Crippen molar-refractivity contribution in [1.82, 2.24) is 14.7 Å². The molecule has 6 heteroatoms. The molecule has 22 heavy (non-hydrogen) atoms. The number of hydrogen-bond donors (Lipinski definition) is 0. The summed E-state index contributed by atoms with van der Waals surface area (Å²) in [4.78, 5) is 26.3. The van der Waals surface area contributed by atoms with Crippen molar-refractivity contribution in [2.45, 2.75) is 39.3 Å². The normalized spacial score (nSPS) is 17.9. The third-order valence-electron chi connectivity index (χ3n) is 4.08. The van der Waals surface area contributed by atoms with Crippen LogP contribution < -0.4 is 5.56 Å². The number of furan rings is 1. The highest BCUT2D eigenvalue weighted by Crippen LogP contribution is 2.23. The maximum Gasteiger partial charge on any atom is 0.266 e. The van der Waals surface area contributed by atoms with Crippen molar-refractivity contribution in [3.63, 3.8) is 0 Å². The Morgan fingerprint density at radius 3 is 2.95 bits per heavy atom. The Morgan fingerprint density at radius 1 is 1.45 bits per heavy atom. The maximum atomic E-state index is 12.7. The molecule has 0 radical (unpaired) electrons. The largest absolute Gasteiger partial charge is 0.466 e. The van der Waals surface area contributed by atoms with Crippen molar-refractivity contribution in [2.75, 3.05) is 6.54 Å².